The van der Waals surface area contributed by atoms with Crippen molar-refractivity contribution < 1.29 is 9.32 Å². The van der Waals surface area contributed by atoms with E-state index in [-0.39, 0.29) is 24.2 Å². The maximum absolute atomic E-state index is 12.1. The molecule has 1 aromatic heterocycles. The van der Waals surface area contributed by atoms with Gasteiger partial charge in [-0.25, -0.2) is 0 Å². The zero-order valence-electron chi connectivity index (χ0n) is 15.9. The van der Waals surface area contributed by atoms with E-state index in [0.29, 0.717) is 0 Å². The monoisotopic (exact) mass is 379 g/mol. The zero-order valence-corrected chi connectivity index (χ0v) is 16.7. The Kier molecular flexibility index (Phi) is 9.38. The lowest BCUT2D eigenvalue weighted by molar-refractivity contribution is -0.132. The normalized spacial score (nSPS) is 11.9. The topological polar surface area (TPSA) is 72.4 Å². The van der Waals surface area contributed by atoms with E-state index in [1.54, 1.807) is 4.90 Å². The Balaban J connectivity index is 0.00000338. The minimum absolute atomic E-state index is 0. The molecule has 0 aliphatic rings. The van der Waals surface area contributed by atoms with Gasteiger partial charge < -0.3 is 15.2 Å². The predicted molar refractivity (Wildman–Crippen MR) is 107 cm³/mol. The first-order valence-corrected chi connectivity index (χ1v) is 9.00. The van der Waals surface area contributed by atoms with Gasteiger partial charge in [0.15, 0.2) is 0 Å². The molecule has 0 bridgehead atoms. The third kappa shape index (κ3) is 6.46. The van der Waals surface area contributed by atoms with E-state index in [4.69, 9.17) is 10.3 Å². The van der Waals surface area contributed by atoms with Crippen LogP contribution < -0.4 is 5.73 Å². The number of nitrogens with two attached hydrogens (primary N) is 1. The van der Waals surface area contributed by atoms with Gasteiger partial charge in [-0.1, -0.05) is 55.8 Å². The van der Waals surface area contributed by atoms with Gasteiger partial charge in [0.25, 0.3) is 0 Å². The van der Waals surface area contributed by atoms with E-state index in [9.17, 15) is 4.79 Å². The van der Waals surface area contributed by atoms with E-state index in [0.717, 1.165) is 49.2 Å². The second-order valence-corrected chi connectivity index (χ2v) is 6.88. The lowest BCUT2D eigenvalue weighted by Gasteiger charge is -2.23. The Bertz CT molecular complexity index is 658. The molecule has 6 heteroatoms. The Morgan fingerprint density at radius 3 is 2.54 bits per heavy atom. The van der Waals surface area contributed by atoms with Crippen molar-refractivity contribution in [3.8, 4) is 11.3 Å². The van der Waals surface area contributed by atoms with Crippen LogP contribution in [0.4, 0.5) is 0 Å². The molecule has 2 N–H and O–H groups in total. The number of hydrogen-bond acceptors (Lipinski definition) is 4. The summed E-state index contributed by atoms with van der Waals surface area (Å²) in [6.45, 7) is 4.68. The highest BCUT2D eigenvalue weighted by Crippen LogP contribution is 2.19. The van der Waals surface area contributed by atoms with Crippen LogP contribution in [-0.4, -0.2) is 35.6 Å². The first kappa shape index (κ1) is 22.2. The average Bonchev–Trinajstić information content (AvgIpc) is 3.09. The molecule has 144 valence electrons. The second kappa shape index (κ2) is 11.0. The molecule has 0 radical (unpaired) electrons. The van der Waals surface area contributed by atoms with Crippen LogP contribution in [0.3, 0.4) is 0 Å². The zero-order chi connectivity index (χ0) is 18.2. The summed E-state index contributed by atoms with van der Waals surface area (Å²) in [5, 5.41) is 4.13. The summed E-state index contributed by atoms with van der Waals surface area (Å²) in [7, 11) is 1.83. The molecule has 0 saturated carbocycles. The largest absolute Gasteiger partial charge is 0.361 e. The molecule has 1 amide bonds. The van der Waals surface area contributed by atoms with E-state index in [1.807, 2.05) is 57.3 Å². The molecule has 1 atom stereocenters. The minimum Gasteiger partial charge on any atom is -0.361 e. The van der Waals surface area contributed by atoms with Gasteiger partial charge in [-0.2, -0.15) is 0 Å². The van der Waals surface area contributed by atoms with Crippen molar-refractivity contribution in [2.45, 2.75) is 45.6 Å². The molecule has 1 aromatic carbocycles. The third-order valence-corrected chi connectivity index (χ3v) is 4.42. The quantitative estimate of drug-likeness (QED) is 0.670. The number of aromatic nitrogens is 1. The molecule has 5 nitrogen and oxygen atoms in total. The Morgan fingerprint density at radius 1 is 1.19 bits per heavy atom. The lowest BCUT2D eigenvalue weighted by atomic mass is 10.0. The van der Waals surface area contributed by atoms with Crippen LogP contribution in [0.5, 0.6) is 0 Å². The fourth-order valence-electron chi connectivity index (χ4n) is 2.65. The SMILES string of the molecule is CC(C)[C@H](N)C(=O)N(C)CCCCCc1cc(-c2ccccc2)no1.Cl. The fraction of sp³-hybridized carbons (Fsp3) is 0.500. The summed E-state index contributed by atoms with van der Waals surface area (Å²) in [5.41, 5.74) is 7.85. The number of rotatable bonds is 9. The number of carbonyl (C=O) groups is 1. The number of benzene rings is 1. The maximum atomic E-state index is 12.1. The van der Waals surface area contributed by atoms with Crippen LogP contribution in [-0.2, 0) is 11.2 Å². The first-order valence-electron chi connectivity index (χ1n) is 9.00. The number of likely N-dealkylation sites (N-methyl/N-ethyl adjacent to an activating group) is 1. The number of nitrogens with zero attached hydrogens (tertiary/aromatic N) is 2. The molecule has 0 aliphatic heterocycles. The van der Waals surface area contributed by atoms with Crippen molar-refractivity contribution in [1.29, 1.82) is 0 Å². The van der Waals surface area contributed by atoms with Gasteiger partial charge in [-0.15, -0.1) is 12.4 Å². The fourth-order valence-corrected chi connectivity index (χ4v) is 2.65. The van der Waals surface area contributed by atoms with Gasteiger partial charge in [0, 0.05) is 31.6 Å². The van der Waals surface area contributed by atoms with E-state index >= 15 is 0 Å². The molecular weight excluding hydrogens is 350 g/mol. The molecule has 2 aromatic rings. The number of unbranched alkanes of at least 4 members (excludes halogenated alkanes) is 2. The summed E-state index contributed by atoms with van der Waals surface area (Å²) in [6.07, 6.45) is 3.88. The highest BCUT2D eigenvalue weighted by molar-refractivity contribution is 5.85. The van der Waals surface area contributed by atoms with Crippen molar-refractivity contribution in [2.75, 3.05) is 13.6 Å². The van der Waals surface area contributed by atoms with Gasteiger partial charge in [-0.3, -0.25) is 4.79 Å². The summed E-state index contributed by atoms with van der Waals surface area (Å²) in [4.78, 5) is 13.8. The van der Waals surface area contributed by atoms with Crippen molar-refractivity contribution in [3.05, 3.63) is 42.2 Å². The number of aryl methyl sites for hydroxylation is 1. The van der Waals surface area contributed by atoms with Crippen LogP contribution >= 0.6 is 12.4 Å². The van der Waals surface area contributed by atoms with Crippen molar-refractivity contribution >= 4 is 18.3 Å². The molecule has 0 spiro atoms. The number of hydrogen-bond donors (Lipinski definition) is 1. The van der Waals surface area contributed by atoms with Gasteiger partial charge in [0.2, 0.25) is 5.91 Å². The highest BCUT2D eigenvalue weighted by Gasteiger charge is 2.20. The van der Waals surface area contributed by atoms with Gasteiger partial charge in [0.05, 0.1) is 6.04 Å². The molecule has 0 unspecified atom stereocenters. The Labute approximate surface area is 162 Å². The highest BCUT2D eigenvalue weighted by atomic mass is 35.5. The van der Waals surface area contributed by atoms with Crippen molar-refractivity contribution in [2.24, 2.45) is 11.7 Å². The molecule has 1 heterocycles. The van der Waals surface area contributed by atoms with E-state index in [1.165, 1.54) is 0 Å². The van der Waals surface area contributed by atoms with E-state index < -0.39 is 6.04 Å². The van der Waals surface area contributed by atoms with Crippen molar-refractivity contribution in [1.82, 2.24) is 10.1 Å². The third-order valence-electron chi connectivity index (χ3n) is 4.42. The molecule has 2 rings (SSSR count). The van der Waals surface area contributed by atoms with Gasteiger partial charge in [0.1, 0.15) is 11.5 Å². The second-order valence-electron chi connectivity index (χ2n) is 6.88. The average molecular weight is 380 g/mol. The summed E-state index contributed by atoms with van der Waals surface area (Å²) >= 11 is 0. The molecule has 0 aliphatic carbocycles. The summed E-state index contributed by atoms with van der Waals surface area (Å²) < 4.78 is 5.41. The van der Waals surface area contributed by atoms with Crippen LogP contribution in [0.2, 0.25) is 0 Å². The van der Waals surface area contributed by atoms with Gasteiger partial charge >= 0.3 is 0 Å². The smallest absolute Gasteiger partial charge is 0.239 e. The molecule has 0 saturated heterocycles. The molecule has 0 fully saturated rings. The standard InChI is InChI=1S/C20H29N3O2.ClH/c1-15(2)19(21)20(24)23(3)13-9-5-8-12-17-14-18(22-25-17)16-10-6-4-7-11-16;/h4,6-7,10-11,14-15,19H,5,8-9,12-13,21H2,1-3H3;1H/t19-;/m0./s1. The van der Waals surface area contributed by atoms with Crippen LogP contribution in [0.25, 0.3) is 11.3 Å². The number of carbonyl (C=O) groups excluding carboxylic acids is 1. The van der Waals surface area contributed by atoms with Gasteiger partial charge in [-0.05, 0) is 18.8 Å². The lowest BCUT2D eigenvalue weighted by Crippen LogP contribution is -2.45. The maximum Gasteiger partial charge on any atom is 0.239 e. The van der Waals surface area contributed by atoms with Crippen LogP contribution in [0.15, 0.2) is 40.9 Å². The molecular formula is C20H30ClN3O2. The predicted octanol–water partition coefficient (Wildman–Crippen LogP) is 3.92. The number of halogens is 1. The van der Waals surface area contributed by atoms with E-state index in [2.05, 4.69) is 5.16 Å². The van der Waals surface area contributed by atoms with Crippen LogP contribution in [0.1, 0.15) is 38.9 Å². The summed E-state index contributed by atoms with van der Waals surface area (Å²) in [5.74, 6) is 1.10. The first-order chi connectivity index (χ1) is 12.0. The Morgan fingerprint density at radius 2 is 1.88 bits per heavy atom. The minimum atomic E-state index is -0.407. The molecule has 26 heavy (non-hydrogen) atoms. The summed E-state index contributed by atoms with van der Waals surface area (Å²) in [6, 6.07) is 11.6. The van der Waals surface area contributed by atoms with Crippen LogP contribution in [0, 0.1) is 5.92 Å². The number of amides is 1. The van der Waals surface area contributed by atoms with Crippen molar-refractivity contribution in [3.63, 3.8) is 0 Å². The Hall–Kier alpha value is -1.85.